The standard InChI is InChI=1S/C23H25NO6/c1-5-12-24-20(15-8-11-17(29-3)18(13-15)30-4)19(22(26)23(24)27)21(25)14-6-9-16(28-2)10-7-14/h6-11,13,20,25H,5,12H2,1-4H3/b21-19-. The number of rotatable bonds is 7. The number of ketones is 1. The van der Waals surface area contributed by atoms with E-state index in [1.807, 2.05) is 6.92 Å². The van der Waals surface area contributed by atoms with E-state index < -0.39 is 17.7 Å². The Morgan fingerprint density at radius 2 is 1.63 bits per heavy atom. The van der Waals surface area contributed by atoms with Crippen LogP contribution in [0.2, 0.25) is 0 Å². The van der Waals surface area contributed by atoms with Crippen molar-refractivity contribution in [2.24, 2.45) is 0 Å². The second-order valence-electron chi connectivity index (χ2n) is 6.84. The molecule has 1 fully saturated rings. The number of aliphatic hydroxyl groups is 1. The van der Waals surface area contributed by atoms with Crippen LogP contribution in [0.15, 0.2) is 48.0 Å². The summed E-state index contributed by atoms with van der Waals surface area (Å²) >= 11 is 0. The van der Waals surface area contributed by atoms with Crippen molar-refractivity contribution in [3.63, 3.8) is 0 Å². The molecule has 0 saturated carbocycles. The molecular weight excluding hydrogens is 386 g/mol. The summed E-state index contributed by atoms with van der Waals surface area (Å²) in [6, 6.07) is 11.1. The van der Waals surface area contributed by atoms with Crippen LogP contribution in [-0.4, -0.2) is 49.6 Å². The zero-order chi connectivity index (χ0) is 21.8. The Bertz CT molecular complexity index is 980. The van der Waals surface area contributed by atoms with Gasteiger partial charge < -0.3 is 24.2 Å². The van der Waals surface area contributed by atoms with Crippen molar-refractivity contribution >= 4 is 17.4 Å². The molecule has 2 aromatic rings. The summed E-state index contributed by atoms with van der Waals surface area (Å²) < 4.78 is 15.8. The van der Waals surface area contributed by atoms with Crippen LogP contribution in [0.25, 0.3) is 5.76 Å². The SMILES string of the molecule is CCCN1C(=O)C(=O)/C(=C(\O)c2ccc(OC)cc2)C1c1ccc(OC)c(OC)c1. The van der Waals surface area contributed by atoms with E-state index in [0.29, 0.717) is 41.3 Å². The Kier molecular flexibility index (Phi) is 6.30. The maximum atomic E-state index is 12.9. The molecule has 1 heterocycles. The highest BCUT2D eigenvalue weighted by molar-refractivity contribution is 6.46. The van der Waals surface area contributed by atoms with Gasteiger partial charge in [-0.15, -0.1) is 0 Å². The van der Waals surface area contributed by atoms with Crippen molar-refractivity contribution < 1.29 is 28.9 Å². The lowest BCUT2D eigenvalue weighted by Crippen LogP contribution is -2.30. The van der Waals surface area contributed by atoms with Crippen LogP contribution in [0, 0.1) is 0 Å². The molecule has 1 unspecified atom stereocenters. The quantitative estimate of drug-likeness (QED) is 0.426. The maximum absolute atomic E-state index is 12.9. The van der Waals surface area contributed by atoms with Crippen LogP contribution in [0.1, 0.15) is 30.5 Å². The first-order valence-corrected chi connectivity index (χ1v) is 9.61. The molecule has 0 spiro atoms. The van der Waals surface area contributed by atoms with Crippen LogP contribution >= 0.6 is 0 Å². The summed E-state index contributed by atoms with van der Waals surface area (Å²) in [4.78, 5) is 27.1. The Morgan fingerprint density at radius 1 is 0.967 bits per heavy atom. The molecule has 0 radical (unpaired) electrons. The molecule has 30 heavy (non-hydrogen) atoms. The average Bonchev–Trinajstić information content (AvgIpc) is 3.03. The molecule has 7 nitrogen and oxygen atoms in total. The average molecular weight is 411 g/mol. The van der Waals surface area contributed by atoms with Crippen LogP contribution in [0.5, 0.6) is 17.2 Å². The van der Waals surface area contributed by atoms with E-state index in [1.165, 1.54) is 19.1 Å². The normalized spacial score (nSPS) is 17.9. The molecule has 2 aromatic carbocycles. The van der Waals surface area contributed by atoms with E-state index in [9.17, 15) is 14.7 Å². The maximum Gasteiger partial charge on any atom is 0.295 e. The minimum Gasteiger partial charge on any atom is -0.507 e. The molecule has 7 heteroatoms. The van der Waals surface area contributed by atoms with Crippen molar-refractivity contribution in [1.29, 1.82) is 0 Å². The second-order valence-corrected chi connectivity index (χ2v) is 6.84. The molecule has 0 aliphatic carbocycles. The van der Waals surface area contributed by atoms with Gasteiger partial charge in [0.25, 0.3) is 11.7 Å². The summed E-state index contributed by atoms with van der Waals surface area (Å²) in [5.74, 6) is 0.0532. The van der Waals surface area contributed by atoms with Gasteiger partial charge in [0, 0.05) is 12.1 Å². The van der Waals surface area contributed by atoms with E-state index in [-0.39, 0.29) is 11.3 Å². The van der Waals surface area contributed by atoms with E-state index >= 15 is 0 Å². The number of amides is 1. The molecule has 0 aromatic heterocycles. The Hall–Kier alpha value is -3.48. The van der Waals surface area contributed by atoms with Gasteiger partial charge in [0.2, 0.25) is 0 Å². The highest BCUT2D eigenvalue weighted by Gasteiger charge is 2.45. The van der Waals surface area contributed by atoms with Gasteiger partial charge in [-0.05, 0) is 48.4 Å². The lowest BCUT2D eigenvalue weighted by Gasteiger charge is -2.25. The smallest absolute Gasteiger partial charge is 0.295 e. The summed E-state index contributed by atoms with van der Waals surface area (Å²) in [5, 5.41) is 11.0. The minimum atomic E-state index is -0.730. The van der Waals surface area contributed by atoms with E-state index in [4.69, 9.17) is 14.2 Å². The fourth-order valence-electron chi connectivity index (χ4n) is 3.63. The number of aliphatic hydroxyl groups excluding tert-OH is 1. The molecule has 1 amide bonds. The molecule has 1 aliphatic heterocycles. The largest absolute Gasteiger partial charge is 0.507 e. The van der Waals surface area contributed by atoms with Crippen molar-refractivity contribution in [3.8, 4) is 17.2 Å². The number of methoxy groups -OCH3 is 3. The first kappa shape index (κ1) is 21.2. The molecule has 1 N–H and O–H groups in total. The topological polar surface area (TPSA) is 85.3 Å². The molecule has 1 saturated heterocycles. The number of nitrogens with zero attached hydrogens (tertiary/aromatic N) is 1. The monoisotopic (exact) mass is 411 g/mol. The lowest BCUT2D eigenvalue weighted by molar-refractivity contribution is -0.139. The first-order valence-electron chi connectivity index (χ1n) is 9.61. The van der Waals surface area contributed by atoms with Crippen LogP contribution in [0.3, 0.4) is 0 Å². The van der Waals surface area contributed by atoms with Gasteiger partial charge in [-0.1, -0.05) is 13.0 Å². The summed E-state index contributed by atoms with van der Waals surface area (Å²) in [5.41, 5.74) is 1.12. The fraction of sp³-hybridized carbons (Fsp3) is 0.304. The second kappa shape index (κ2) is 8.90. The van der Waals surface area contributed by atoms with Crippen molar-refractivity contribution in [3.05, 3.63) is 59.2 Å². The van der Waals surface area contributed by atoms with Gasteiger partial charge in [0.15, 0.2) is 11.5 Å². The number of carbonyl (C=O) groups is 2. The number of likely N-dealkylation sites (tertiary alicyclic amines) is 1. The van der Waals surface area contributed by atoms with Gasteiger partial charge in [0.1, 0.15) is 11.5 Å². The third kappa shape index (κ3) is 3.70. The van der Waals surface area contributed by atoms with Gasteiger partial charge in [0.05, 0.1) is 32.9 Å². The van der Waals surface area contributed by atoms with E-state index in [2.05, 4.69) is 0 Å². The van der Waals surface area contributed by atoms with Gasteiger partial charge in [-0.3, -0.25) is 9.59 Å². The Morgan fingerprint density at radius 3 is 2.20 bits per heavy atom. The minimum absolute atomic E-state index is 0.0471. The van der Waals surface area contributed by atoms with Crippen LogP contribution in [-0.2, 0) is 9.59 Å². The molecule has 158 valence electrons. The first-order chi connectivity index (χ1) is 14.5. The van der Waals surface area contributed by atoms with Gasteiger partial charge in [-0.25, -0.2) is 0 Å². The number of hydrogen-bond donors (Lipinski definition) is 1. The van der Waals surface area contributed by atoms with Crippen LogP contribution in [0.4, 0.5) is 0 Å². The summed E-state index contributed by atoms with van der Waals surface area (Å²) in [6.45, 7) is 2.30. The molecule has 1 atom stereocenters. The van der Waals surface area contributed by atoms with Crippen molar-refractivity contribution in [2.45, 2.75) is 19.4 Å². The number of carbonyl (C=O) groups excluding carboxylic acids is 2. The number of Topliss-reactive ketones (excluding diaryl/α,β-unsaturated/α-hetero) is 1. The number of hydrogen-bond acceptors (Lipinski definition) is 6. The predicted molar refractivity (Wildman–Crippen MR) is 112 cm³/mol. The molecule has 1 aliphatic rings. The highest BCUT2D eigenvalue weighted by atomic mass is 16.5. The lowest BCUT2D eigenvalue weighted by atomic mass is 9.95. The number of ether oxygens (including phenoxy) is 3. The summed E-state index contributed by atoms with van der Waals surface area (Å²) in [6.07, 6.45) is 0.666. The Labute approximate surface area is 175 Å². The van der Waals surface area contributed by atoms with E-state index in [1.54, 1.807) is 49.6 Å². The third-order valence-corrected chi connectivity index (χ3v) is 5.09. The van der Waals surface area contributed by atoms with E-state index in [0.717, 1.165) is 0 Å². The van der Waals surface area contributed by atoms with Crippen molar-refractivity contribution in [2.75, 3.05) is 27.9 Å². The van der Waals surface area contributed by atoms with Crippen molar-refractivity contribution in [1.82, 2.24) is 4.90 Å². The van der Waals surface area contributed by atoms with Crippen LogP contribution < -0.4 is 14.2 Å². The summed E-state index contributed by atoms with van der Waals surface area (Å²) in [7, 11) is 4.59. The third-order valence-electron chi connectivity index (χ3n) is 5.09. The highest BCUT2D eigenvalue weighted by Crippen LogP contribution is 2.42. The zero-order valence-corrected chi connectivity index (χ0v) is 17.5. The van der Waals surface area contributed by atoms with Gasteiger partial charge in [-0.2, -0.15) is 0 Å². The predicted octanol–water partition coefficient (Wildman–Crippen LogP) is 3.54. The number of benzene rings is 2. The molecule has 0 bridgehead atoms. The fourth-order valence-corrected chi connectivity index (χ4v) is 3.63. The molecular formula is C23H25NO6. The molecule has 3 rings (SSSR count). The Balaban J connectivity index is 2.18. The van der Waals surface area contributed by atoms with Gasteiger partial charge >= 0.3 is 0 Å². The zero-order valence-electron chi connectivity index (χ0n) is 17.5.